The zero-order valence-corrected chi connectivity index (χ0v) is 10.3. The molecule has 0 amide bonds. The van der Waals surface area contributed by atoms with Crippen LogP contribution in [-0.4, -0.2) is 33.2 Å². The Labute approximate surface area is 105 Å². The second kappa shape index (κ2) is 7.47. The summed E-state index contributed by atoms with van der Waals surface area (Å²) < 4.78 is 0. The van der Waals surface area contributed by atoms with Gasteiger partial charge in [0, 0.05) is 12.8 Å². The number of rotatable bonds is 9. The Bertz CT molecular complexity index is 326. The lowest BCUT2D eigenvalue weighted by atomic mass is 9.78. The van der Waals surface area contributed by atoms with Gasteiger partial charge in [-0.3, -0.25) is 14.4 Å². The van der Waals surface area contributed by atoms with Crippen molar-refractivity contribution in [3.63, 3.8) is 0 Å². The largest absolute Gasteiger partial charge is 0.481 e. The topological polar surface area (TPSA) is 112 Å². The maximum atomic E-state index is 11.3. The number of aliphatic carboxylic acids is 3. The van der Waals surface area contributed by atoms with E-state index in [0.29, 0.717) is 6.42 Å². The number of hydrogen-bond donors (Lipinski definition) is 3. The smallest absolute Gasteiger partial charge is 0.313 e. The molecule has 0 radical (unpaired) electrons. The molecule has 0 fully saturated rings. The van der Waals surface area contributed by atoms with E-state index < -0.39 is 23.3 Å². The Hall–Kier alpha value is -1.85. The van der Waals surface area contributed by atoms with Crippen molar-refractivity contribution in [2.45, 2.75) is 39.0 Å². The van der Waals surface area contributed by atoms with Crippen molar-refractivity contribution in [3.05, 3.63) is 12.2 Å². The SMILES string of the molecule is CCC=CC(CCC(=O)O)(CCC(=O)O)C(=O)O. The Morgan fingerprint density at radius 2 is 1.44 bits per heavy atom. The van der Waals surface area contributed by atoms with Crippen LogP contribution >= 0.6 is 0 Å². The molecule has 0 rings (SSSR count). The van der Waals surface area contributed by atoms with E-state index >= 15 is 0 Å². The first-order valence-electron chi connectivity index (χ1n) is 5.68. The van der Waals surface area contributed by atoms with Crippen LogP contribution in [0.25, 0.3) is 0 Å². The van der Waals surface area contributed by atoms with Gasteiger partial charge in [-0.2, -0.15) is 0 Å². The summed E-state index contributed by atoms with van der Waals surface area (Å²) in [6.07, 6.45) is 2.82. The first-order chi connectivity index (χ1) is 8.34. The van der Waals surface area contributed by atoms with Gasteiger partial charge in [0.1, 0.15) is 0 Å². The normalized spacial score (nSPS) is 11.6. The van der Waals surface area contributed by atoms with E-state index in [-0.39, 0.29) is 25.7 Å². The van der Waals surface area contributed by atoms with E-state index in [0.717, 1.165) is 0 Å². The summed E-state index contributed by atoms with van der Waals surface area (Å²) in [5, 5.41) is 26.5. The summed E-state index contributed by atoms with van der Waals surface area (Å²) in [5.41, 5.74) is -1.41. The quantitative estimate of drug-likeness (QED) is 0.543. The average Bonchev–Trinajstić information content (AvgIpc) is 2.27. The zero-order chi connectivity index (χ0) is 14.2. The first kappa shape index (κ1) is 16.1. The molecule has 0 heterocycles. The number of carbonyl (C=O) groups is 3. The van der Waals surface area contributed by atoms with Crippen molar-refractivity contribution in [3.8, 4) is 0 Å². The van der Waals surface area contributed by atoms with Gasteiger partial charge in [-0.1, -0.05) is 19.1 Å². The number of carboxylic acids is 3. The first-order valence-corrected chi connectivity index (χ1v) is 5.68. The Morgan fingerprint density at radius 3 is 1.72 bits per heavy atom. The van der Waals surface area contributed by atoms with Crippen LogP contribution < -0.4 is 0 Å². The van der Waals surface area contributed by atoms with Gasteiger partial charge in [0.2, 0.25) is 0 Å². The van der Waals surface area contributed by atoms with Crippen LogP contribution in [-0.2, 0) is 14.4 Å². The highest BCUT2D eigenvalue weighted by Crippen LogP contribution is 2.32. The summed E-state index contributed by atoms with van der Waals surface area (Å²) in [5.74, 6) is -3.38. The van der Waals surface area contributed by atoms with Crippen molar-refractivity contribution in [1.82, 2.24) is 0 Å². The molecule has 18 heavy (non-hydrogen) atoms. The van der Waals surface area contributed by atoms with Crippen molar-refractivity contribution < 1.29 is 29.7 Å². The van der Waals surface area contributed by atoms with E-state index in [9.17, 15) is 19.5 Å². The molecule has 0 aliphatic rings. The molecule has 6 nitrogen and oxygen atoms in total. The second-order valence-corrected chi connectivity index (χ2v) is 4.06. The minimum atomic E-state index is -1.41. The highest BCUT2D eigenvalue weighted by Gasteiger charge is 2.36. The van der Waals surface area contributed by atoms with Crippen molar-refractivity contribution in [2.75, 3.05) is 0 Å². The summed E-state index contributed by atoms with van der Waals surface area (Å²) in [4.78, 5) is 32.4. The maximum Gasteiger partial charge on any atom is 0.313 e. The molecule has 3 N–H and O–H groups in total. The van der Waals surface area contributed by atoms with E-state index in [1.54, 1.807) is 6.08 Å². The van der Waals surface area contributed by atoms with Crippen LogP contribution in [0.3, 0.4) is 0 Å². The molecule has 6 heteroatoms. The Balaban J connectivity index is 5.01. The van der Waals surface area contributed by atoms with Crippen molar-refractivity contribution in [2.24, 2.45) is 5.41 Å². The summed E-state index contributed by atoms with van der Waals surface area (Å²) in [6.45, 7) is 1.82. The number of allylic oxidation sites excluding steroid dienone is 1. The summed E-state index contributed by atoms with van der Waals surface area (Å²) in [7, 11) is 0. The highest BCUT2D eigenvalue weighted by atomic mass is 16.4. The third kappa shape index (κ3) is 5.47. The standard InChI is InChI=1S/C12H18O6/c1-2-3-6-12(11(17)18,7-4-9(13)14)8-5-10(15)16/h3,6H,2,4-5,7-8H2,1H3,(H,13,14)(H,15,16)(H,17,18). The van der Waals surface area contributed by atoms with Gasteiger partial charge in [0.05, 0.1) is 5.41 Å². The third-order valence-corrected chi connectivity index (χ3v) is 2.67. The number of hydrogen-bond acceptors (Lipinski definition) is 3. The van der Waals surface area contributed by atoms with Crippen LogP contribution in [0.15, 0.2) is 12.2 Å². The van der Waals surface area contributed by atoms with Gasteiger partial charge in [-0.25, -0.2) is 0 Å². The summed E-state index contributed by atoms with van der Waals surface area (Å²) >= 11 is 0. The van der Waals surface area contributed by atoms with Crippen LogP contribution in [0.2, 0.25) is 0 Å². The van der Waals surface area contributed by atoms with Gasteiger partial charge >= 0.3 is 17.9 Å². The molecule has 0 saturated heterocycles. The lowest BCUT2D eigenvalue weighted by Gasteiger charge is -2.24. The van der Waals surface area contributed by atoms with E-state index in [2.05, 4.69) is 0 Å². The Kier molecular flexibility index (Phi) is 6.70. The zero-order valence-electron chi connectivity index (χ0n) is 10.3. The molecular formula is C12H18O6. The molecular weight excluding hydrogens is 240 g/mol. The average molecular weight is 258 g/mol. The molecule has 0 unspecified atom stereocenters. The monoisotopic (exact) mass is 258 g/mol. The van der Waals surface area contributed by atoms with Crippen LogP contribution in [0.1, 0.15) is 39.0 Å². The summed E-state index contributed by atoms with van der Waals surface area (Å²) in [6, 6.07) is 0. The van der Waals surface area contributed by atoms with Crippen molar-refractivity contribution in [1.29, 1.82) is 0 Å². The minimum Gasteiger partial charge on any atom is -0.481 e. The van der Waals surface area contributed by atoms with Crippen molar-refractivity contribution >= 4 is 17.9 Å². The predicted octanol–water partition coefficient (Wildman–Crippen LogP) is 1.75. The van der Waals surface area contributed by atoms with Gasteiger partial charge in [0.15, 0.2) is 0 Å². The Morgan fingerprint density at radius 1 is 1.00 bits per heavy atom. The van der Waals surface area contributed by atoms with Crippen LogP contribution in [0.4, 0.5) is 0 Å². The van der Waals surface area contributed by atoms with E-state index in [4.69, 9.17) is 10.2 Å². The molecule has 0 aromatic rings. The number of carboxylic acid groups (broad SMARTS) is 3. The van der Waals surface area contributed by atoms with Gasteiger partial charge in [0.25, 0.3) is 0 Å². The molecule has 0 aromatic carbocycles. The van der Waals surface area contributed by atoms with E-state index in [1.807, 2.05) is 6.92 Å². The van der Waals surface area contributed by atoms with Gasteiger partial charge < -0.3 is 15.3 Å². The molecule has 0 aliphatic heterocycles. The molecule has 0 atom stereocenters. The van der Waals surface area contributed by atoms with Crippen LogP contribution in [0, 0.1) is 5.41 Å². The fourth-order valence-corrected chi connectivity index (χ4v) is 1.58. The third-order valence-electron chi connectivity index (χ3n) is 2.67. The minimum absolute atomic E-state index is 0.110. The molecule has 0 aliphatic carbocycles. The lowest BCUT2D eigenvalue weighted by Crippen LogP contribution is -2.30. The fraction of sp³-hybridized carbons (Fsp3) is 0.583. The predicted molar refractivity (Wildman–Crippen MR) is 63.2 cm³/mol. The van der Waals surface area contributed by atoms with Crippen LogP contribution in [0.5, 0.6) is 0 Å². The molecule has 0 saturated carbocycles. The lowest BCUT2D eigenvalue weighted by molar-refractivity contribution is -0.148. The highest BCUT2D eigenvalue weighted by molar-refractivity contribution is 5.79. The molecule has 0 bridgehead atoms. The molecule has 102 valence electrons. The molecule has 0 spiro atoms. The second-order valence-electron chi connectivity index (χ2n) is 4.06. The van der Waals surface area contributed by atoms with Gasteiger partial charge in [-0.15, -0.1) is 0 Å². The fourth-order valence-electron chi connectivity index (χ4n) is 1.58. The molecule has 0 aromatic heterocycles. The van der Waals surface area contributed by atoms with E-state index in [1.165, 1.54) is 6.08 Å². The maximum absolute atomic E-state index is 11.3. The van der Waals surface area contributed by atoms with Gasteiger partial charge in [-0.05, 0) is 19.3 Å².